The predicted molar refractivity (Wildman–Crippen MR) is 94.4 cm³/mol. The number of aromatic nitrogens is 2. The Labute approximate surface area is 141 Å². The van der Waals surface area contributed by atoms with Crippen molar-refractivity contribution >= 4 is 16.9 Å². The first-order valence-corrected chi connectivity index (χ1v) is 8.08. The molecule has 0 unspecified atom stereocenters. The van der Waals surface area contributed by atoms with E-state index in [4.69, 9.17) is 4.74 Å². The molecular formula is C19H21N3O2. The van der Waals surface area contributed by atoms with Gasteiger partial charge in [0.25, 0.3) is 5.91 Å². The Morgan fingerprint density at radius 2 is 2.08 bits per heavy atom. The molecule has 0 saturated carbocycles. The number of para-hydroxylation sites is 1. The number of amides is 1. The molecule has 1 aromatic carbocycles. The first-order valence-electron chi connectivity index (χ1n) is 8.08. The van der Waals surface area contributed by atoms with E-state index in [1.54, 1.807) is 19.2 Å². The van der Waals surface area contributed by atoms with Gasteiger partial charge in [0, 0.05) is 30.9 Å². The third-order valence-corrected chi connectivity index (χ3v) is 4.09. The lowest BCUT2D eigenvalue weighted by Gasteiger charge is -2.08. The zero-order valence-electron chi connectivity index (χ0n) is 14.0. The summed E-state index contributed by atoms with van der Waals surface area (Å²) in [5.41, 5.74) is 2.74. The molecule has 0 atom stereocenters. The maximum Gasteiger partial charge on any atom is 0.255 e. The van der Waals surface area contributed by atoms with Crippen molar-refractivity contribution < 1.29 is 9.53 Å². The van der Waals surface area contributed by atoms with Crippen LogP contribution in [0.15, 0.2) is 48.8 Å². The third-order valence-electron chi connectivity index (χ3n) is 4.09. The van der Waals surface area contributed by atoms with Gasteiger partial charge in [-0.1, -0.05) is 12.1 Å². The normalized spacial score (nSPS) is 10.8. The molecule has 3 aromatic rings. The number of carbonyl (C=O) groups excluding carboxylic acids is 1. The first-order chi connectivity index (χ1) is 11.7. The van der Waals surface area contributed by atoms with Crippen LogP contribution in [-0.2, 0) is 13.0 Å². The molecule has 0 fully saturated rings. The Bertz CT molecular complexity index is 855. The number of hydrogen-bond acceptors (Lipinski definition) is 3. The monoisotopic (exact) mass is 323 g/mol. The highest BCUT2D eigenvalue weighted by Gasteiger charge is 2.12. The van der Waals surface area contributed by atoms with E-state index in [1.807, 2.05) is 24.4 Å². The molecule has 0 aliphatic rings. The molecule has 1 N–H and O–H groups in total. The smallest absolute Gasteiger partial charge is 0.255 e. The number of nitrogens with one attached hydrogen (secondary N) is 1. The minimum atomic E-state index is -0.121. The Balaban J connectivity index is 1.70. The van der Waals surface area contributed by atoms with Gasteiger partial charge < -0.3 is 14.6 Å². The average Bonchev–Trinajstić information content (AvgIpc) is 2.99. The summed E-state index contributed by atoms with van der Waals surface area (Å²) in [5, 5.41) is 4.11. The SMILES string of the molecule is CCn1cc(CCNC(=O)c2ccccc2OC)c2cccnc21. The van der Waals surface area contributed by atoms with Gasteiger partial charge in [-0.15, -0.1) is 0 Å². The van der Waals surface area contributed by atoms with Gasteiger partial charge in [0.1, 0.15) is 11.4 Å². The quantitative estimate of drug-likeness (QED) is 0.758. The first kappa shape index (κ1) is 16.1. The zero-order chi connectivity index (χ0) is 16.9. The number of hydrogen-bond donors (Lipinski definition) is 1. The molecule has 0 bridgehead atoms. The average molecular weight is 323 g/mol. The summed E-state index contributed by atoms with van der Waals surface area (Å²) in [5.74, 6) is 0.464. The van der Waals surface area contributed by atoms with Crippen LogP contribution in [0.4, 0.5) is 0 Å². The van der Waals surface area contributed by atoms with Gasteiger partial charge >= 0.3 is 0 Å². The lowest BCUT2D eigenvalue weighted by atomic mass is 10.1. The largest absolute Gasteiger partial charge is 0.496 e. The Kier molecular flexibility index (Phi) is 4.79. The second-order valence-electron chi connectivity index (χ2n) is 5.52. The molecule has 0 aliphatic heterocycles. The van der Waals surface area contributed by atoms with Gasteiger partial charge in [0.05, 0.1) is 12.7 Å². The highest BCUT2D eigenvalue weighted by Crippen LogP contribution is 2.20. The molecule has 124 valence electrons. The summed E-state index contributed by atoms with van der Waals surface area (Å²) in [6.07, 6.45) is 4.69. The van der Waals surface area contributed by atoms with E-state index in [-0.39, 0.29) is 5.91 Å². The standard InChI is InChI=1S/C19H21N3O2/c1-3-22-13-14(15-8-6-11-20-18(15)22)10-12-21-19(23)16-7-4-5-9-17(16)24-2/h4-9,11,13H,3,10,12H2,1-2H3,(H,21,23). The van der Waals surface area contributed by atoms with Crippen molar-refractivity contribution in [1.82, 2.24) is 14.9 Å². The van der Waals surface area contributed by atoms with E-state index < -0.39 is 0 Å². The van der Waals surface area contributed by atoms with Crippen molar-refractivity contribution in [3.05, 3.63) is 59.9 Å². The van der Waals surface area contributed by atoms with Crippen molar-refractivity contribution in [2.75, 3.05) is 13.7 Å². The van der Waals surface area contributed by atoms with Crippen LogP contribution in [0.2, 0.25) is 0 Å². The number of pyridine rings is 1. The van der Waals surface area contributed by atoms with Crippen molar-refractivity contribution in [2.45, 2.75) is 19.9 Å². The maximum atomic E-state index is 12.3. The third kappa shape index (κ3) is 3.11. The number of nitrogens with zero attached hydrogens (tertiary/aromatic N) is 2. The molecule has 0 spiro atoms. The summed E-state index contributed by atoms with van der Waals surface area (Å²) < 4.78 is 7.37. The highest BCUT2D eigenvalue weighted by atomic mass is 16.5. The summed E-state index contributed by atoms with van der Waals surface area (Å²) in [6, 6.07) is 11.3. The molecular weight excluding hydrogens is 302 g/mol. The van der Waals surface area contributed by atoms with Crippen LogP contribution in [0.3, 0.4) is 0 Å². The fourth-order valence-electron chi connectivity index (χ4n) is 2.87. The molecule has 3 rings (SSSR count). The second kappa shape index (κ2) is 7.17. The van der Waals surface area contributed by atoms with Crippen molar-refractivity contribution in [3.63, 3.8) is 0 Å². The fourth-order valence-corrected chi connectivity index (χ4v) is 2.87. The van der Waals surface area contributed by atoms with Crippen LogP contribution >= 0.6 is 0 Å². The summed E-state index contributed by atoms with van der Waals surface area (Å²) in [7, 11) is 1.57. The maximum absolute atomic E-state index is 12.3. The minimum Gasteiger partial charge on any atom is -0.496 e. The van der Waals surface area contributed by atoms with E-state index >= 15 is 0 Å². The molecule has 5 heteroatoms. The molecule has 0 radical (unpaired) electrons. The topological polar surface area (TPSA) is 56.2 Å². The highest BCUT2D eigenvalue weighted by molar-refractivity contribution is 5.96. The number of fused-ring (bicyclic) bond motifs is 1. The summed E-state index contributed by atoms with van der Waals surface area (Å²) >= 11 is 0. The number of ether oxygens (including phenoxy) is 1. The van der Waals surface area contributed by atoms with Crippen LogP contribution in [-0.4, -0.2) is 29.1 Å². The zero-order valence-corrected chi connectivity index (χ0v) is 14.0. The molecule has 1 amide bonds. The molecule has 5 nitrogen and oxygen atoms in total. The number of methoxy groups -OCH3 is 1. The second-order valence-corrected chi connectivity index (χ2v) is 5.52. The van der Waals surface area contributed by atoms with Crippen LogP contribution < -0.4 is 10.1 Å². The molecule has 0 aliphatic carbocycles. The molecule has 2 aromatic heterocycles. The van der Waals surface area contributed by atoms with Crippen LogP contribution in [0.25, 0.3) is 11.0 Å². The van der Waals surface area contributed by atoms with Crippen molar-refractivity contribution in [2.24, 2.45) is 0 Å². The van der Waals surface area contributed by atoms with Crippen LogP contribution in [0.1, 0.15) is 22.8 Å². The number of carbonyl (C=O) groups is 1. The number of rotatable bonds is 6. The molecule has 24 heavy (non-hydrogen) atoms. The minimum absolute atomic E-state index is 0.121. The lowest BCUT2D eigenvalue weighted by Crippen LogP contribution is -2.26. The number of benzene rings is 1. The molecule has 2 heterocycles. The van der Waals surface area contributed by atoms with Crippen molar-refractivity contribution in [1.29, 1.82) is 0 Å². The van der Waals surface area contributed by atoms with E-state index in [9.17, 15) is 4.79 Å². The Morgan fingerprint density at radius 1 is 1.25 bits per heavy atom. The fraction of sp³-hybridized carbons (Fsp3) is 0.263. The Hall–Kier alpha value is -2.82. The van der Waals surface area contributed by atoms with E-state index in [0.29, 0.717) is 17.9 Å². The summed E-state index contributed by atoms with van der Waals surface area (Å²) in [4.78, 5) is 16.8. The van der Waals surface area contributed by atoms with Crippen LogP contribution in [0, 0.1) is 0 Å². The Morgan fingerprint density at radius 3 is 2.88 bits per heavy atom. The van der Waals surface area contributed by atoms with Gasteiger partial charge in [0.2, 0.25) is 0 Å². The molecule has 0 saturated heterocycles. The summed E-state index contributed by atoms with van der Waals surface area (Å²) in [6.45, 7) is 3.54. The van der Waals surface area contributed by atoms with Gasteiger partial charge in [0.15, 0.2) is 0 Å². The van der Waals surface area contributed by atoms with E-state index in [2.05, 4.69) is 34.1 Å². The van der Waals surface area contributed by atoms with E-state index in [1.165, 1.54) is 5.56 Å². The van der Waals surface area contributed by atoms with Gasteiger partial charge in [-0.05, 0) is 43.2 Å². The lowest BCUT2D eigenvalue weighted by molar-refractivity contribution is 0.0951. The van der Waals surface area contributed by atoms with E-state index in [0.717, 1.165) is 24.0 Å². The van der Waals surface area contributed by atoms with Gasteiger partial charge in [-0.2, -0.15) is 0 Å². The van der Waals surface area contributed by atoms with Gasteiger partial charge in [-0.25, -0.2) is 4.98 Å². The number of aryl methyl sites for hydroxylation is 1. The van der Waals surface area contributed by atoms with Crippen LogP contribution in [0.5, 0.6) is 5.75 Å². The predicted octanol–water partition coefficient (Wildman–Crippen LogP) is 3.04. The van der Waals surface area contributed by atoms with Gasteiger partial charge in [-0.3, -0.25) is 4.79 Å². The van der Waals surface area contributed by atoms with Crippen molar-refractivity contribution in [3.8, 4) is 5.75 Å².